The first-order valence-corrected chi connectivity index (χ1v) is 32.6. The van der Waals surface area contributed by atoms with Gasteiger partial charge in [0, 0.05) is 0 Å². The van der Waals surface area contributed by atoms with Crippen LogP contribution >= 0.6 is 17.0 Å². The Morgan fingerprint density at radius 1 is 0.417 bits per heavy atom. The first-order chi connectivity index (χ1) is 22.9. The standard InChI is InChI=1S/2C21H15.2CH3.CH2.2ClH.Zr/c2*1-3-8-16(9-4-1)19-14-18-12-7-13-20(21(18)15-19)17-10-5-2-6-11-17;;;;;;/h2*1-15H;2*1H3;1H2;2*1H;/q;;;;;;;+2/p-2. The molecule has 0 amide bonds. The van der Waals surface area contributed by atoms with Crippen LogP contribution in [0.5, 0.6) is 0 Å². The van der Waals surface area contributed by atoms with Crippen molar-refractivity contribution in [3.63, 3.8) is 0 Å². The molecule has 2 atom stereocenters. The second-order valence-electron chi connectivity index (χ2n) is 15.6. The van der Waals surface area contributed by atoms with Gasteiger partial charge in [0.25, 0.3) is 0 Å². The topological polar surface area (TPSA) is 0 Å². The summed E-state index contributed by atoms with van der Waals surface area (Å²) in [6.45, 7) is 0. The van der Waals surface area contributed by atoms with E-state index in [1.54, 1.807) is 0 Å². The van der Waals surface area contributed by atoms with Crippen molar-refractivity contribution >= 4 is 44.5 Å². The number of rotatable bonds is 6. The SMILES string of the molecule is [CH2]=[Zr]([CH3])([CH3])([Cl])([Cl])([CH]1C(c2ccccc2)=Cc2c(-c3ccccc3)cccc21)[CH]1C(c2ccccc2)=Cc2c(-c3ccccc3)cccc21. The number of hydrogen-bond donors (Lipinski definition) is 0. The van der Waals surface area contributed by atoms with E-state index in [2.05, 4.69) is 179 Å². The molecule has 0 aromatic heterocycles. The van der Waals surface area contributed by atoms with Gasteiger partial charge in [-0.25, -0.2) is 0 Å². The van der Waals surface area contributed by atoms with Crippen LogP contribution < -0.4 is 0 Å². The number of benzene rings is 6. The van der Waals surface area contributed by atoms with Crippen molar-refractivity contribution in [1.82, 2.24) is 0 Å². The van der Waals surface area contributed by atoms with Gasteiger partial charge in [0.15, 0.2) is 0 Å². The van der Waals surface area contributed by atoms with Gasteiger partial charge in [0.05, 0.1) is 0 Å². The molecule has 0 bridgehead atoms. The van der Waals surface area contributed by atoms with Crippen LogP contribution in [0.25, 0.3) is 45.6 Å². The molecule has 0 saturated heterocycles. The van der Waals surface area contributed by atoms with Gasteiger partial charge in [-0.1, -0.05) is 0 Å². The summed E-state index contributed by atoms with van der Waals surface area (Å²) >= 11 is -6.55. The summed E-state index contributed by atoms with van der Waals surface area (Å²) in [4.78, 5) is 0. The van der Waals surface area contributed by atoms with Gasteiger partial charge >= 0.3 is 287 Å². The molecule has 0 saturated carbocycles. The maximum atomic E-state index is 8.82. The molecule has 0 aliphatic heterocycles. The Bertz CT molecular complexity index is 2240. The van der Waals surface area contributed by atoms with E-state index in [4.69, 9.17) is 21.2 Å². The number of hydrogen-bond acceptors (Lipinski definition) is 0. The van der Waals surface area contributed by atoms with E-state index in [0.717, 1.165) is 44.5 Å². The molecule has 0 fully saturated rings. The first kappa shape index (κ1) is 31.4. The van der Waals surface area contributed by atoms with Gasteiger partial charge in [0.2, 0.25) is 0 Å². The Balaban J connectivity index is 1.46. The van der Waals surface area contributed by atoms with Crippen LogP contribution in [0, 0.1) is 0 Å². The van der Waals surface area contributed by atoms with Crippen molar-refractivity contribution in [1.29, 1.82) is 0 Å². The molecule has 6 aromatic carbocycles. The molecule has 2 aliphatic carbocycles. The summed E-state index contributed by atoms with van der Waals surface area (Å²) in [7, 11) is 17.6. The third kappa shape index (κ3) is 4.94. The quantitative estimate of drug-likeness (QED) is 0.160. The van der Waals surface area contributed by atoms with E-state index in [1.807, 2.05) is 0 Å². The van der Waals surface area contributed by atoms with Gasteiger partial charge in [-0.2, -0.15) is 0 Å². The number of fused-ring (bicyclic) bond motifs is 2. The number of allylic oxidation sites excluding steroid dienone is 2. The maximum absolute atomic E-state index is 8.82. The Morgan fingerprint density at radius 3 is 1.06 bits per heavy atom. The molecule has 6 aromatic rings. The molecule has 0 spiro atoms. The Labute approximate surface area is 285 Å². The van der Waals surface area contributed by atoms with Crippen molar-refractivity contribution in [2.75, 3.05) is 0 Å². The zero-order chi connectivity index (χ0) is 33.3. The average Bonchev–Trinajstić information content (AvgIpc) is 3.72. The molecule has 236 valence electrons. The van der Waals surface area contributed by atoms with Gasteiger partial charge < -0.3 is 0 Å². The van der Waals surface area contributed by atoms with Crippen molar-refractivity contribution in [2.45, 2.75) is 16.5 Å². The summed E-state index contributed by atoms with van der Waals surface area (Å²) < 4.78 is 8.98. The van der Waals surface area contributed by atoms with Crippen LogP contribution in [0.4, 0.5) is 0 Å². The van der Waals surface area contributed by atoms with Crippen LogP contribution in [0.1, 0.15) is 40.6 Å². The van der Waals surface area contributed by atoms with E-state index >= 15 is 0 Å². The fourth-order valence-corrected chi connectivity index (χ4v) is 30.2. The van der Waals surface area contributed by atoms with Crippen molar-refractivity contribution in [3.8, 4) is 22.3 Å². The van der Waals surface area contributed by atoms with Crippen LogP contribution in [-0.4, -0.2) is 4.21 Å². The fourth-order valence-electron chi connectivity index (χ4n) is 8.98. The van der Waals surface area contributed by atoms with Gasteiger partial charge in [-0.05, 0) is 0 Å². The third-order valence-corrected chi connectivity index (χ3v) is 30.5. The Morgan fingerprint density at radius 2 is 0.729 bits per heavy atom. The zero-order valence-corrected chi connectivity index (χ0v) is 31.3. The Hall–Kier alpha value is -3.87. The van der Waals surface area contributed by atoms with E-state index < -0.39 is 12.9 Å². The van der Waals surface area contributed by atoms with Crippen LogP contribution in [0.2, 0.25) is 9.26 Å². The molecular formula is C45H38Cl2Zr. The molecule has 48 heavy (non-hydrogen) atoms. The van der Waals surface area contributed by atoms with E-state index in [0.29, 0.717) is 0 Å². The molecule has 2 aliphatic rings. The van der Waals surface area contributed by atoms with Gasteiger partial charge in [0.1, 0.15) is 0 Å². The summed E-state index contributed by atoms with van der Waals surface area (Å²) in [5.41, 5.74) is 13.8. The van der Waals surface area contributed by atoms with E-state index in [9.17, 15) is 0 Å². The third-order valence-electron chi connectivity index (χ3n) is 10.8. The van der Waals surface area contributed by atoms with Crippen molar-refractivity contribution < 1.29 is 12.9 Å². The Kier molecular flexibility index (Phi) is 6.60. The zero-order valence-electron chi connectivity index (χ0n) is 27.3. The van der Waals surface area contributed by atoms with Crippen molar-refractivity contribution in [3.05, 3.63) is 191 Å². The normalized spacial score (nSPS) is 19.1. The monoisotopic (exact) mass is 738 g/mol. The minimum atomic E-state index is -6.55. The minimum absolute atomic E-state index is 0.352. The summed E-state index contributed by atoms with van der Waals surface area (Å²) in [6, 6.07) is 55.6. The second-order valence-corrected chi connectivity index (χ2v) is 61.1. The molecular weight excluding hydrogens is 703 g/mol. The average molecular weight is 741 g/mol. The van der Waals surface area contributed by atoms with Crippen LogP contribution in [0.15, 0.2) is 158 Å². The predicted molar refractivity (Wildman–Crippen MR) is 208 cm³/mol. The predicted octanol–water partition coefficient (Wildman–Crippen LogP) is 13.5. The van der Waals surface area contributed by atoms with E-state index in [1.165, 1.54) is 22.3 Å². The van der Waals surface area contributed by atoms with Crippen molar-refractivity contribution in [2.24, 2.45) is 0 Å². The molecule has 2 unspecified atom stereocenters. The summed E-state index contributed by atoms with van der Waals surface area (Å²) in [5.74, 6) is 0. The molecule has 3 heteroatoms. The van der Waals surface area contributed by atoms with Crippen LogP contribution in [0.3, 0.4) is 0 Å². The van der Waals surface area contributed by atoms with Crippen LogP contribution in [-0.2, 0) is 12.9 Å². The van der Waals surface area contributed by atoms with E-state index in [-0.39, 0.29) is 7.25 Å². The first-order valence-electron chi connectivity index (χ1n) is 16.7. The summed E-state index contributed by atoms with van der Waals surface area (Å²) in [5, 5.41) is 0. The van der Waals surface area contributed by atoms with Gasteiger partial charge in [-0.3, -0.25) is 0 Å². The fraction of sp³-hybridized carbons (Fsp3) is 0.0889. The second kappa shape index (κ2) is 10.1. The number of halogens is 2. The molecule has 0 radical (unpaired) electrons. The molecule has 0 heterocycles. The molecule has 0 nitrogen and oxygen atoms in total. The molecule has 0 N–H and O–H groups in total. The summed E-state index contributed by atoms with van der Waals surface area (Å²) in [6.07, 6.45) is 4.68. The molecule has 8 rings (SSSR count). The van der Waals surface area contributed by atoms with Gasteiger partial charge in [-0.15, -0.1) is 0 Å².